The number of hydrogen-bond acceptors (Lipinski definition) is 4. The average Bonchev–Trinajstić information content (AvgIpc) is 2.86. The molecule has 138 valence electrons. The van der Waals surface area contributed by atoms with E-state index in [0.717, 1.165) is 18.0 Å². The first-order chi connectivity index (χ1) is 12.3. The minimum Gasteiger partial charge on any atom is -0.355 e. The molecule has 0 bridgehead atoms. The molecule has 26 heavy (non-hydrogen) atoms. The SMILES string of the molecule is Cc1cccc(C(=O)N2CCCN(c3ccc(C(F)(F)F)cn3)CC2)n1. The molecule has 3 heterocycles. The van der Waals surface area contributed by atoms with Crippen molar-refractivity contribution in [3.05, 3.63) is 53.5 Å². The molecule has 1 fully saturated rings. The van der Waals surface area contributed by atoms with Crippen molar-refractivity contribution in [3.63, 3.8) is 0 Å². The van der Waals surface area contributed by atoms with Crippen LogP contribution in [0.3, 0.4) is 0 Å². The van der Waals surface area contributed by atoms with E-state index in [2.05, 4.69) is 9.97 Å². The van der Waals surface area contributed by atoms with Crippen molar-refractivity contribution in [1.29, 1.82) is 0 Å². The lowest BCUT2D eigenvalue weighted by atomic mass is 10.2. The monoisotopic (exact) mass is 364 g/mol. The van der Waals surface area contributed by atoms with E-state index in [9.17, 15) is 18.0 Å². The second kappa shape index (κ2) is 7.31. The predicted molar refractivity (Wildman–Crippen MR) is 90.9 cm³/mol. The van der Waals surface area contributed by atoms with Crippen molar-refractivity contribution in [2.24, 2.45) is 0 Å². The van der Waals surface area contributed by atoms with Gasteiger partial charge in [0.05, 0.1) is 5.56 Å². The minimum atomic E-state index is -4.39. The lowest BCUT2D eigenvalue weighted by molar-refractivity contribution is -0.137. The topological polar surface area (TPSA) is 49.3 Å². The highest BCUT2D eigenvalue weighted by Crippen LogP contribution is 2.29. The molecule has 0 aliphatic carbocycles. The summed E-state index contributed by atoms with van der Waals surface area (Å²) in [5.41, 5.74) is 0.422. The van der Waals surface area contributed by atoms with E-state index in [4.69, 9.17) is 0 Å². The quantitative estimate of drug-likeness (QED) is 0.821. The van der Waals surface area contributed by atoms with Crippen LogP contribution in [-0.2, 0) is 6.18 Å². The molecule has 1 aliphatic heterocycles. The zero-order valence-electron chi connectivity index (χ0n) is 14.3. The van der Waals surface area contributed by atoms with Crippen LogP contribution in [0.15, 0.2) is 36.5 Å². The lowest BCUT2D eigenvalue weighted by Crippen LogP contribution is -2.35. The van der Waals surface area contributed by atoms with E-state index in [1.165, 1.54) is 6.07 Å². The van der Waals surface area contributed by atoms with Crippen LogP contribution < -0.4 is 4.90 Å². The zero-order chi connectivity index (χ0) is 18.7. The van der Waals surface area contributed by atoms with Crippen LogP contribution in [0.5, 0.6) is 0 Å². The maximum absolute atomic E-state index is 12.7. The minimum absolute atomic E-state index is 0.129. The van der Waals surface area contributed by atoms with Crippen LogP contribution in [-0.4, -0.2) is 47.0 Å². The van der Waals surface area contributed by atoms with Crippen LogP contribution in [0.2, 0.25) is 0 Å². The highest BCUT2D eigenvalue weighted by atomic mass is 19.4. The van der Waals surface area contributed by atoms with Crippen LogP contribution in [0.1, 0.15) is 28.2 Å². The van der Waals surface area contributed by atoms with Gasteiger partial charge in [-0.1, -0.05) is 6.07 Å². The fraction of sp³-hybridized carbons (Fsp3) is 0.389. The summed E-state index contributed by atoms with van der Waals surface area (Å²) in [5.74, 6) is 0.358. The number of aryl methyl sites for hydroxylation is 1. The molecule has 0 spiro atoms. The number of carbonyl (C=O) groups is 1. The molecule has 1 aliphatic rings. The van der Waals surface area contributed by atoms with Gasteiger partial charge in [0.2, 0.25) is 0 Å². The molecule has 2 aromatic heterocycles. The third-order valence-corrected chi connectivity index (χ3v) is 4.29. The van der Waals surface area contributed by atoms with Gasteiger partial charge in [-0.05, 0) is 37.6 Å². The summed E-state index contributed by atoms with van der Waals surface area (Å²) in [6.07, 6.45) is -2.84. The first-order valence-electron chi connectivity index (χ1n) is 8.36. The lowest BCUT2D eigenvalue weighted by Gasteiger charge is -2.23. The molecular weight excluding hydrogens is 345 g/mol. The Morgan fingerprint density at radius 3 is 2.54 bits per heavy atom. The maximum atomic E-state index is 12.7. The van der Waals surface area contributed by atoms with Gasteiger partial charge in [-0.2, -0.15) is 13.2 Å². The van der Waals surface area contributed by atoms with Gasteiger partial charge in [0, 0.05) is 38.1 Å². The third-order valence-electron chi connectivity index (χ3n) is 4.29. The molecule has 0 N–H and O–H groups in total. The van der Waals surface area contributed by atoms with E-state index in [1.54, 1.807) is 17.0 Å². The van der Waals surface area contributed by atoms with Gasteiger partial charge < -0.3 is 9.80 Å². The van der Waals surface area contributed by atoms with Crippen molar-refractivity contribution in [2.75, 3.05) is 31.1 Å². The third kappa shape index (κ3) is 4.12. The average molecular weight is 364 g/mol. The van der Waals surface area contributed by atoms with Gasteiger partial charge >= 0.3 is 6.18 Å². The van der Waals surface area contributed by atoms with Crippen molar-refractivity contribution >= 4 is 11.7 Å². The van der Waals surface area contributed by atoms with Gasteiger partial charge in [0.1, 0.15) is 11.5 Å². The summed E-state index contributed by atoms with van der Waals surface area (Å²) in [7, 11) is 0. The Hall–Kier alpha value is -2.64. The van der Waals surface area contributed by atoms with Crippen molar-refractivity contribution in [3.8, 4) is 0 Å². The highest BCUT2D eigenvalue weighted by Gasteiger charge is 2.31. The summed E-state index contributed by atoms with van der Waals surface area (Å²) in [6.45, 7) is 4.01. The van der Waals surface area contributed by atoms with Crippen LogP contribution in [0.4, 0.5) is 19.0 Å². The number of hydrogen-bond donors (Lipinski definition) is 0. The molecule has 5 nitrogen and oxygen atoms in total. The normalized spacial score (nSPS) is 15.7. The standard InChI is InChI=1S/C18H19F3N4O/c1-13-4-2-5-15(23-13)17(26)25-9-3-8-24(10-11-25)16-7-6-14(12-22-16)18(19,20)21/h2,4-7,12H,3,8-11H2,1H3. The number of nitrogens with zero attached hydrogens (tertiary/aromatic N) is 4. The molecule has 0 atom stereocenters. The number of anilines is 1. The number of halogens is 3. The molecule has 0 saturated carbocycles. The fourth-order valence-electron chi connectivity index (χ4n) is 2.91. The summed E-state index contributed by atoms with van der Waals surface area (Å²) < 4.78 is 38.0. The summed E-state index contributed by atoms with van der Waals surface area (Å²) >= 11 is 0. The van der Waals surface area contributed by atoms with Crippen molar-refractivity contribution < 1.29 is 18.0 Å². The number of alkyl halides is 3. The van der Waals surface area contributed by atoms with E-state index in [1.807, 2.05) is 17.9 Å². The van der Waals surface area contributed by atoms with E-state index in [0.29, 0.717) is 44.1 Å². The molecule has 1 amide bonds. The van der Waals surface area contributed by atoms with Gasteiger partial charge in [0.15, 0.2) is 0 Å². The van der Waals surface area contributed by atoms with Gasteiger partial charge in [-0.25, -0.2) is 9.97 Å². The number of carbonyl (C=O) groups excluding carboxylic acids is 1. The molecule has 1 saturated heterocycles. The number of aromatic nitrogens is 2. The van der Waals surface area contributed by atoms with Crippen LogP contribution in [0.25, 0.3) is 0 Å². The van der Waals surface area contributed by atoms with Crippen LogP contribution >= 0.6 is 0 Å². The molecule has 2 aromatic rings. The Balaban J connectivity index is 1.67. The Bertz CT molecular complexity index is 777. The summed E-state index contributed by atoms with van der Waals surface area (Å²) in [5, 5.41) is 0. The van der Waals surface area contributed by atoms with Crippen LogP contribution in [0, 0.1) is 6.92 Å². The van der Waals surface area contributed by atoms with Gasteiger partial charge in [-0.15, -0.1) is 0 Å². The van der Waals surface area contributed by atoms with Crippen molar-refractivity contribution in [2.45, 2.75) is 19.5 Å². The second-order valence-corrected chi connectivity index (χ2v) is 6.20. The van der Waals surface area contributed by atoms with Gasteiger partial charge in [-0.3, -0.25) is 4.79 Å². The Labute approximate surface area is 149 Å². The van der Waals surface area contributed by atoms with E-state index >= 15 is 0 Å². The first kappa shape index (κ1) is 18.2. The van der Waals surface area contributed by atoms with E-state index < -0.39 is 11.7 Å². The fourth-order valence-corrected chi connectivity index (χ4v) is 2.91. The first-order valence-corrected chi connectivity index (χ1v) is 8.36. The second-order valence-electron chi connectivity index (χ2n) is 6.20. The smallest absolute Gasteiger partial charge is 0.355 e. The Morgan fingerprint density at radius 1 is 1.08 bits per heavy atom. The molecule has 0 radical (unpaired) electrons. The molecule has 3 rings (SSSR count). The number of pyridine rings is 2. The predicted octanol–water partition coefficient (Wildman–Crippen LogP) is 3.16. The summed E-state index contributed by atoms with van der Waals surface area (Å²) in [4.78, 5) is 24.4. The highest BCUT2D eigenvalue weighted by molar-refractivity contribution is 5.92. The largest absolute Gasteiger partial charge is 0.417 e. The zero-order valence-corrected chi connectivity index (χ0v) is 14.3. The molecular formula is C18H19F3N4O. The Kier molecular flexibility index (Phi) is 5.11. The molecule has 0 aromatic carbocycles. The maximum Gasteiger partial charge on any atom is 0.417 e. The van der Waals surface area contributed by atoms with E-state index in [-0.39, 0.29) is 5.91 Å². The number of rotatable bonds is 2. The number of amides is 1. The van der Waals surface area contributed by atoms with Gasteiger partial charge in [0.25, 0.3) is 5.91 Å². The Morgan fingerprint density at radius 2 is 1.88 bits per heavy atom. The molecule has 0 unspecified atom stereocenters. The molecule has 8 heteroatoms. The van der Waals surface area contributed by atoms with Crippen molar-refractivity contribution in [1.82, 2.24) is 14.9 Å². The summed E-state index contributed by atoms with van der Waals surface area (Å²) in [6, 6.07) is 7.73.